The van der Waals surface area contributed by atoms with E-state index in [4.69, 9.17) is 14.2 Å². The highest BCUT2D eigenvalue weighted by molar-refractivity contribution is 7.91. The summed E-state index contributed by atoms with van der Waals surface area (Å²) in [5.74, 6) is -1.78. The van der Waals surface area contributed by atoms with Crippen molar-refractivity contribution in [3.8, 4) is 16.9 Å². The Labute approximate surface area is 324 Å². The largest absolute Gasteiger partial charge is 0.497 e. The molecule has 0 aromatic heterocycles. The second-order valence-electron chi connectivity index (χ2n) is 16.6. The number of benzene rings is 2. The van der Waals surface area contributed by atoms with Crippen molar-refractivity contribution in [3.05, 3.63) is 66.2 Å². The molecule has 3 N–H and O–H groups in total. The number of hydrogen-bond acceptors (Lipinski definition) is 9. The lowest BCUT2D eigenvalue weighted by molar-refractivity contribution is -0.143. The summed E-state index contributed by atoms with van der Waals surface area (Å²) in [6.45, 7) is 11.2. The van der Waals surface area contributed by atoms with Crippen LogP contribution in [0.2, 0.25) is 0 Å². The van der Waals surface area contributed by atoms with Crippen molar-refractivity contribution in [2.45, 2.75) is 114 Å². The average molecular weight is 779 g/mol. The zero-order valence-corrected chi connectivity index (χ0v) is 33.4. The second-order valence-corrected chi connectivity index (χ2v) is 18.5. The molecule has 1 saturated heterocycles. The van der Waals surface area contributed by atoms with Crippen LogP contribution in [0.15, 0.2) is 55.1 Å². The first-order valence-electron chi connectivity index (χ1n) is 19.1. The molecule has 2 aromatic rings. The smallest absolute Gasteiger partial charge is 0.408 e. The van der Waals surface area contributed by atoms with E-state index in [2.05, 4.69) is 21.9 Å². The number of amides is 4. The lowest BCUT2D eigenvalue weighted by Gasteiger charge is -2.36. The maximum absolute atomic E-state index is 14.8. The molecule has 2 aromatic carbocycles. The Balaban J connectivity index is 1.32. The van der Waals surface area contributed by atoms with Crippen molar-refractivity contribution in [1.82, 2.24) is 20.3 Å². The fraction of sp³-hybridized carbons (Fsp3) is 0.561. The molecule has 298 valence electrons. The first kappa shape index (κ1) is 40.2. The van der Waals surface area contributed by atoms with Crippen molar-refractivity contribution in [3.63, 3.8) is 0 Å². The van der Waals surface area contributed by atoms with E-state index in [1.165, 1.54) is 18.1 Å². The number of nitrogens with zero attached hydrogens (tertiary/aromatic N) is 1. The maximum atomic E-state index is 14.8. The van der Waals surface area contributed by atoms with Gasteiger partial charge in [0.05, 0.1) is 18.9 Å². The van der Waals surface area contributed by atoms with Crippen LogP contribution >= 0.6 is 0 Å². The lowest BCUT2D eigenvalue weighted by atomic mass is 9.85. The summed E-state index contributed by atoms with van der Waals surface area (Å²) >= 11 is 0. The van der Waals surface area contributed by atoms with Crippen molar-refractivity contribution < 1.29 is 41.8 Å². The topological polar surface area (TPSA) is 169 Å². The van der Waals surface area contributed by atoms with Gasteiger partial charge in [0.25, 0.3) is 5.91 Å². The second kappa shape index (κ2) is 15.2. The number of ether oxygens (including phenoxy) is 3. The van der Waals surface area contributed by atoms with Crippen molar-refractivity contribution in [1.29, 1.82) is 0 Å². The molecular formula is C41H54N4O9S. The first-order chi connectivity index (χ1) is 26.0. The van der Waals surface area contributed by atoms with Crippen LogP contribution in [0.3, 0.4) is 0 Å². The minimum Gasteiger partial charge on any atom is -0.497 e. The van der Waals surface area contributed by atoms with E-state index in [1.807, 2.05) is 70.2 Å². The standard InChI is InChI=1S/C41H54N4O9S/c1-8-27-22-41(27,37(48)44-55(50,51)31-18-19-31)43-35(46)33-23-40(53-7,28-15-13-26(14-16-28)32-20-17-30(52-6)21-25(32)2)24-45(33)36(47)34(39(3,4)5)42-38(49)54-29-11-9-10-12-29/h8,13-17,20-21,27,29,31,33-34H,1,9-12,18-19,22-24H2,2-7H3,(H,42,49)(H,43,46)(H,44,48)/t27-,33+,34-,40+,41-/m1/s1. The third-order valence-electron chi connectivity index (χ3n) is 11.7. The molecule has 3 saturated carbocycles. The van der Waals surface area contributed by atoms with Crippen LogP contribution in [0.4, 0.5) is 4.79 Å². The number of nitrogens with one attached hydrogen (secondary N) is 3. The van der Waals surface area contributed by atoms with Gasteiger partial charge >= 0.3 is 6.09 Å². The summed E-state index contributed by atoms with van der Waals surface area (Å²) < 4.78 is 45.0. The summed E-state index contributed by atoms with van der Waals surface area (Å²) in [6, 6.07) is 11.3. The van der Waals surface area contributed by atoms with Gasteiger partial charge in [-0.15, -0.1) is 6.58 Å². The van der Waals surface area contributed by atoms with Gasteiger partial charge in [-0.1, -0.05) is 57.2 Å². The van der Waals surface area contributed by atoms with Crippen LogP contribution in [0.25, 0.3) is 11.1 Å². The fourth-order valence-corrected chi connectivity index (χ4v) is 9.36. The lowest BCUT2D eigenvalue weighted by Crippen LogP contribution is -2.60. The molecule has 4 aliphatic rings. The van der Waals surface area contributed by atoms with Gasteiger partial charge in [0.1, 0.15) is 35.1 Å². The Bertz CT molecular complexity index is 1930. The minimum absolute atomic E-state index is 0.0161. The van der Waals surface area contributed by atoms with Gasteiger partial charge in [-0.3, -0.25) is 19.1 Å². The molecule has 4 fully saturated rings. The summed E-state index contributed by atoms with van der Waals surface area (Å²) in [4.78, 5) is 57.5. The molecule has 13 nitrogen and oxygen atoms in total. The van der Waals surface area contributed by atoms with E-state index >= 15 is 0 Å². The fourth-order valence-electron chi connectivity index (χ4n) is 8.00. The van der Waals surface area contributed by atoms with Gasteiger partial charge < -0.3 is 29.7 Å². The number of aryl methyl sites for hydroxylation is 1. The maximum Gasteiger partial charge on any atom is 0.408 e. The molecule has 3 aliphatic carbocycles. The quantitative estimate of drug-likeness (QED) is 0.241. The van der Waals surface area contributed by atoms with E-state index < -0.39 is 73.6 Å². The SMILES string of the molecule is C=C[C@@H]1C[C@]1(NC(=O)[C@@H]1C[C@@](OC)(c2ccc(-c3ccc(OC)cc3C)cc2)CN1C(=O)[C@@H](NC(=O)OC1CCCC1)C(C)(C)C)C(=O)NS(=O)(=O)C1CC1. The number of rotatable bonds is 13. The van der Waals surface area contributed by atoms with Gasteiger partial charge in [-0.25, -0.2) is 13.2 Å². The Morgan fingerprint density at radius 2 is 1.65 bits per heavy atom. The number of hydrogen-bond donors (Lipinski definition) is 3. The third kappa shape index (κ3) is 8.25. The van der Waals surface area contributed by atoms with Crippen LogP contribution < -0.4 is 20.1 Å². The van der Waals surface area contributed by atoms with Crippen LogP contribution in [0.5, 0.6) is 5.75 Å². The molecule has 4 amide bonds. The zero-order chi connectivity index (χ0) is 39.9. The summed E-state index contributed by atoms with van der Waals surface area (Å²) in [5.41, 5.74) is 0.185. The zero-order valence-electron chi connectivity index (χ0n) is 32.6. The number of likely N-dealkylation sites (tertiary alicyclic amines) is 1. The highest BCUT2D eigenvalue weighted by Crippen LogP contribution is 2.47. The molecule has 14 heteroatoms. The van der Waals surface area contributed by atoms with E-state index in [0.717, 1.165) is 53.7 Å². The number of carbonyl (C=O) groups is 4. The number of sulfonamides is 1. The van der Waals surface area contributed by atoms with Gasteiger partial charge in [0.15, 0.2) is 0 Å². The van der Waals surface area contributed by atoms with E-state index in [0.29, 0.717) is 12.8 Å². The van der Waals surface area contributed by atoms with Gasteiger partial charge in [-0.05, 0) is 91.7 Å². The van der Waals surface area contributed by atoms with E-state index in [-0.39, 0.29) is 25.5 Å². The Hall–Kier alpha value is -4.43. The molecule has 0 unspecified atom stereocenters. The van der Waals surface area contributed by atoms with E-state index in [1.54, 1.807) is 7.11 Å². The van der Waals surface area contributed by atoms with Crippen molar-refractivity contribution in [2.75, 3.05) is 20.8 Å². The molecule has 0 radical (unpaired) electrons. The molecule has 0 spiro atoms. The molecule has 1 heterocycles. The Morgan fingerprint density at radius 3 is 2.20 bits per heavy atom. The van der Waals surface area contributed by atoms with Crippen LogP contribution in [-0.2, 0) is 39.5 Å². The van der Waals surface area contributed by atoms with Gasteiger partial charge in [0.2, 0.25) is 21.8 Å². The van der Waals surface area contributed by atoms with Crippen LogP contribution in [0, 0.1) is 18.3 Å². The Morgan fingerprint density at radius 1 is 0.982 bits per heavy atom. The van der Waals surface area contributed by atoms with Gasteiger partial charge in [-0.2, -0.15) is 0 Å². The molecule has 1 aliphatic heterocycles. The highest BCUT2D eigenvalue weighted by atomic mass is 32.2. The molecule has 55 heavy (non-hydrogen) atoms. The number of carbonyl (C=O) groups excluding carboxylic acids is 4. The van der Waals surface area contributed by atoms with Crippen LogP contribution in [-0.4, -0.2) is 86.9 Å². The monoisotopic (exact) mass is 778 g/mol. The van der Waals surface area contributed by atoms with Crippen LogP contribution in [0.1, 0.15) is 83.3 Å². The predicted octanol–water partition coefficient (Wildman–Crippen LogP) is 4.87. The Kier molecular flexibility index (Phi) is 11.2. The van der Waals surface area contributed by atoms with Gasteiger partial charge in [0, 0.05) is 19.4 Å². The van der Waals surface area contributed by atoms with Crippen molar-refractivity contribution >= 4 is 33.8 Å². The highest BCUT2D eigenvalue weighted by Gasteiger charge is 2.62. The van der Waals surface area contributed by atoms with Crippen molar-refractivity contribution in [2.24, 2.45) is 11.3 Å². The third-order valence-corrected chi connectivity index (χ3v) is 13.5. The van der Waals surface area contributed by atoms with E-state index in [9.17, 15) is 27.6 Å². The molecule has 0 bridgehead atoms. The average Bonchev–Trinajstić information content (AvgIpc) is 4.03. The number of alkyl carbamates (subject to hydrolysis) is 1. The summed E-state index contributed by atoms with van der Waals surface area (Å²) in [7, 11) is -0.762. The summed E-state index contributed by atoms with van der Waals surface area (Å²) in [5, 5.41) is 5.01. The molecule has 6 rings (SSSR count). The molecule has 5 atom stereocenters. The minimum atomic E-state index is -3.90. The normalized spacial score (nSPS) is 25.8. The summed E-state index contributed by atoms with van der Waals surface area (Å²) in [6.07, 6.45) is 5.10. The first-order valence-corrected chi connectivity index (χ1v) is 20.6. The number of methoxy groups -OCH3 is 2. The predicted molar refractivity (Wildman–Crippen MR) is 206 cm³/mol. The molecular weight excluding hydrogens is 725 g/mol.